The lowest BCUT2D eigenvalue weighted by molar-refractivity contribution is -0.117. The second-order valence-corrected chi connectivity index (χ2v) is 11.0. The van der Waals surface area contributed by atoms with Gasteiger partial charge in [-0.3, -0.25) is 14.6 Å². The summed E-state index contributed by atoms with van der Waals surface area (Å²) in [7, 11) is 0. The van der Waals surface area contributed by atoms with Gasteiger partial charge in [-0.05, 0) is 90.0 Å². The summed E-state index contributed by atoms with van der Waals surface area (Å²) < 4.78 is 12.9. The van der Waals surface area contributed by atoms with Crippen LogP contribution in [0.4, 0.5) is 5.69 Å². The summed E-state index contributed by atoms with van der Waals surface area (Å²) in [6.45, 7) is 10.0. The molecular formula is C32H34BrN3O4. The van der Waals surface area contributed by atoms with Gasteiger partial charge in [0, 0.05) is 35.0 Å². The number of hydrogen-bond donors (Lipinski definition) is 1. The molecule has 0 aromatic heterocycles. The lowest BCUT2D eigenvalue weighted by Gasteiger charge is -2.35. The lowest BCUT2D eigenvalue weighted by atomic mass is 9.70. The molecule has 2 aliphatic rings. The smallest absolute Gasteiger partial charge is 0.247 e. The number of anilines is 1. The Morgan fingerprint density at radius 2 is 2.05 bits per heavy atom. The summed E-state index contributed by atoms with van der Waals surface area (Å²) in [5.74, 6) is 0.150. The van der Waals surface area contributed by atoms with E-state index in [1.54, 1.807) is 6.07 Å². The molecular weight excluding hydrogens is 570 g/mol. The lowest BCUT2D eigenvalue weighted by Crippen LogP contribution is -2.32. The molecule has 1 heterocycles. The van der Waals surface area contributed by atoms with Crippen molar-refractivity contribution in [1.82, 2.24) is 0 Å². The predicted octanol–water partition coefficient (Wildman–Crippen LogP) is 7.28. The summed E-state index contributed by atoms with van der Waals surface area (Å²) >= 11 is 3.67. The maximum absolute atomic E-state index is 13.5. The second kappa shape index (κ2) is 13.1. The minimum absolute atomic E-state index is 0.0824. The van der Waals surface area contributed by atoms with Gasteiger partial charge in [-0.2, -0.15) is 5.26 Å². The van der Waals surface area contributed by atoms with Crippen LogP contribution in [0.3, 0.4) is 0 Å². The van der Waals surface area contributed by atoms with Crippen LogP contribution in [0.2, 0.25) is 0 Å². The summed E-state index contributed by atoms with van der Waals surface area (Å²) in [6, 6.07) is 13.6. The number of hydrogen-bond acceptors (Lipinski definition) is 6. The van der Waals surface area contributed by atoms with Gasteiger partial charge in [0.15, 0.2) is 17.3 Å². The molecule has 0 fully saturated rings. The zero-order chi connectivity index (χ0) is 28.8. The maximum atomic E-state index is 13.5. The van der Waals surface area contributed by atoms with Gasteiger partial charge in [0.25, 0.3) is 0 Å². The molecule has 0 radical (unpaired) electrons. The predicted molar refractivity (Wildman–Crippen MR) is 160 cm³/mol. The molecule has 1 aliphatic heterocycles. The van der Waals surface area contributed by atoms with Crippen LogP contribution in [-0.4, -0.2) is 24.0 Å². The molecule has 1 amide bonds. The Hall–Kier alpha value is -3.70. The number of Topliss-reactive ketones (excluding diaryl/α,β-unsaturated/α-hetero) is 1. The van der Waals surface area contributed by atoms with E-state index >= 15 is 0 Å². The number of amides is 1. The zero-order valence-corrected chi connectivity index (χ0v) is 24.7. The van der Waals surface area contributed by atoms with Crippen molar-refractivity contribution < 1.29 is 19.1 Å². The fourth-order valence-electron chi connectivity index (χ4n) is 5.54. The van der Waals surface area contributed by atoms with Gasteiger partial charge in [-0.25, -0.2) is 0 Å². The van der Waals surface area contributed by atoms with E-state index in [9.17, 15) is 14.9 Å². The van der Waals surface area contributed by atoms with Crippen molar-refractivity contribution in [3.63, 3.8) is 0 Å². The molecule has 1 N–H and O–H groups in total. The molecule has 2 aromatic carbocycles. The molecule has 3 unspecified atom stereocenters. The third-order valence-electron chi connectivity index (χ3n) is 7.26. The number of nitrogens with one attached hydrogen (secondary N) is 1. The minimum atomic E-state index is -0.549. The first-order valence-electron chi connectivity index (χ1n) is 13.6. The largest absolute Gasteiger partial charge is 0.490 e. The molecule has 2 aromatic rings. The van der Waals surface area contributed by atoms with Gasteiger partial charge in [0.1, 0.15) is 6.61 Å². The first-order chi connectivity index (χ1) is 19.3. The third-order valence-corrected chi connectivity index (χ3v) is 7.85. The van der Waals surface area contributed by atoms with Crippen molar-refractivity contribution in [2.45, 2.75) is 59.0 Å². The van der Waals surface area contributed by atoms with Gasteiger partial charge < -0.3 is 14.8 Å². The number of aliphatic imine (C=N–C) groups is 1. The van der Waals surface area contributed by atoms with Gasteiger partial charge in [0.2, 0.25) is 5.91 Å². The molecule has 7 nitrogen and oxygen atoms in total. The first-order valence-corrected chi connectivity index (χ1v) is 14.4. The minimum Gasteiger partial charge on any atom is -0.490 e. The van der Waals surface area contributed by atoms with Gasteiger partial charge in [-0.1, -0.05) is 32.1 Å². The fraction of sp³-hybridized carbons (Fsp3) is 0.375. The molecule has 0 bridgehead atoms. The number of carbonyl (C=O) groups excluding carboxylic acids is 2. The number of carbonyl (C=O) groups is 2. The highest BCUT2D eigenvalue weighted by molar-refractivity contribution is 9.10. The van der Waals surface area contributed by atoms with E-state index in [0.717, 1.165) is 41.8 Å². The number of nitrogens with zero attached hydrogens (tertiary/aromatic N) is 2. The zero-order valence-electron chi connectivity index (χ0n) is 23.1. The number of allylic oxidation sites excluding steroid dienone is 2. The molecule has 0 saturated heterocycles. The second-order valence-electron chi connectivity index (χ2n) is 10.1. The number of halogens is 1. The van der Waals surface area contributed by atoms with Crippen LogP contribution in [0.15, 0.2) is 69.8 Å². The number of rotatable bonds is 10. The van der Waals surface area contributed by atoms with Crippen molar-refractivity contribution in [1.29, 1.82) is 5.26 Å². The van der Waals surface area contributed by atoms with Crippen molar-refractivity contribution in [2.75, 3.05) is 11.9 Å². The van der Waals surface area contributed by atoms with E-state index in [2.05, 4.69) is 40.8 Å². The number of benzene rings is 2. The standard InChI is InChI=1S/C32H34BrN3O4/c1-5-9-20-13-26-31(27(37)14-20)30(24(17-34)19(4)35-26)22-15-25(33)32(28(16-22)39-7-3)40-18-21-10-8-11-23(12-21)36-29(38)6-2/h6,8,10-12,15-16,20,24,30H,2,5,7,9,13-14,18H2,1,3-4H3,(H,36,38). The fourth-order valence-corrected chi connectivity index (χ4v) is 6.11. The topological polar surface area (TPSA) is 101 Å². The SMILES string of the molecule is C=CC(=O)Nc1cccc(COc2c(Br)cc(C3C4=C(CC(CCC)CC4=O)N=C(C)C3C#N)cc2OCC)c1. The van der Waals surface area contributed by atoms with Crippen LogP contribution in [0.1, 0.15) is 63.5 Å². The Morgan fingerprint density at radius 1 is 1.25 bits per heavy atom. The quantitative estimate of drug-likeness (QED) is 0.287. The van der Waals surface area contributed by atoms with Crippen molar-refractivity contribution in [3.8, 4) is 17.6 Å². The molecule has 8 heteroatoms. The summed E-state index contributed by atoms with van der Waals surface area (Å²) in [5.41, 5.74) is 4.52. The molecule has 0 spiro atoms. The van der Waals surface area contributed by atoms with E-state index in [0.29, 0.717) is 40.3 Å². The summed E-state index contributed by atoms with van der Waals surface area (Å²) in [4.78, 5) is 29.9. The molecule has 3 atom stereocenters. The number of ketones is 1. The van der Waals surface area contributed by atoms with E-state index in [4.69, 9.17) is 14.5 Å². The van der Waals surface area contributed by atoms with Crippen LogP contribution in [0.25, 0.3) is 0 Å². The molecule has 40 heavy (non-hydrogen) atoms. The molecule has 4 rings (SSSR count). The average molecular weight is 605 g/mol. The van der Waals surface area contributed by atoms with Gasteiger partial charge >= 0.3 is 0 Å². The van der Waals surface area contributed by atoms with E-state index in [1.807, 2.05) is 44.2 Å². The number of nitriles is 1. The summed E-state index contributed by atoms with van der Waals surface area (Å²) in [6.07, 6.45) is 4.47. The van der Waals surface area contributed by atoms with E-state index < -0.39 is 11.8 Å². The highest BCUT2D eigenvalue weighted by Gasteiger charge is 2.41. The van der Waals surface area contributed by atoms with Gasteiger partial charge in [-0.15, -0.1) is 0 Å². The normalized spacial score (nSPS) is 20.2. The van der Waals surface area contributed by atoms with Crippen molar-refractivity contribution in [2.24, 2.45) is 16.8 Å². The van der Waals surface area contributed by atoms with Crippen LogP contribution in [-0.2, 0) is 16.2 Å². The average Bonchev–Trinajstić information content (AvgIpc) is 2.92. The first kappa shape index (κ1) is 29.3. The Kier molecular flexibility index (Phi) is 9.59. The number of ether oxygens (including phenoxy) is 2. The maximum Gasteiger partial charge on any atom is 0.247 e. The van der Waals surface area contributed by atoms with Crippen LogP contribution in [0, 0.1) is 23.2 Å². The Labute approximate surface area is 244 Å². The highest BCUT2D eigenvalue weighted by atomic mass is 79.9. The molecule has 208 valence electrons. The van der Waals surface area contributed by atoms with Crippen molar-refractivity contribution in [3.05, 3.63) is 75.9 Å². The summed E-state index contributed by atoms with van der Waals surface area (Å²) in [5, 5.41) is 12.9. The highest BCUT2D eigenvalue weighted by Crippen LogP contribution is 2.48. The van der Waals surface area contributed by atoms with E-state index in [-0.39, 0.29) is 24.2 Å². The van der Waals surface area contributed by atoms with Crippen LogP contribution < -0.4 is 14.8 Å². The third kappa shape index (κ3) is 6.37. The van der Waals surface area contributed by atoms with E-state index in [1.165, 1.54) is 6.08 Å². The monoisotopic (exact) mass is 603 g/mol. The van der Waals surface area contributed by atoms with Crippen LogP contribution in [0.5, 0.6) is 11.5 Å². The van der Waals surface area contributed by atoms with Gasteiger partial charge in [0.05, 0.1) is 23.1 Å². The van der Waals surface area contributed by atoms with Crippen LogP contribution >= 0.6 is 15.9 Å². The Morgan fingerprint density at radius 3 is 2.75 bits per heavy atom. The Bertz CT molecular complexity index is 1420. The Balaban J connectivity index is 1.68. The molecule has 1 aliphatic carbocycles. The molecule has 0 saturated carbocycles. The van der Waals surface area contributed by atoms with Crippen molar-refractivity contribution >= 4 is 39.0 Å².